The SMILES string of the molecule is N#C/C(=C/NCc1ccc(Br)cc1)C(=O)NC1CCCC1. The number of hydrogen-bond acceptors (Lipinski definition) is 3. The lowest BCUT2D eigenvalue weighted by molar-refractivity contribution is -0.117. The standard InChI is InChI=1S/C16H18BrN3O/c17-14-7-5-12(6-8-14)10-19-11-13(9-18)16(21)20-15-3-1-2-4-15/h5-8,11,15,19H,1-4,10H2,(H,20,21)/b13-11-. The summed E-state index contributed by atoms with van der Waals surface area (Å²) in [5.41, 5.74) is 1.21. The van der Waals surface area contributed by atoms with Crippen molar-refractivity contribution < 1.29 is 4.79 Å². The molecule has 0 aromatic heterocycles. The number of nitriles is 1. The lowest BCUT2D eigenvalue weighted by Gasteiger charge is -2.11. The van der Waals surface area contributed by atoms with Crippen molar-refractivity contribution in [1.29, 1.82) is 5.26 Å². The third kappa shape index (κ3) is 4.91. The number of amides is 1. The minimum absolute atomic E-state index is 0.124. The molecule has 1 amide bonds. The van der Waals surface area contributed by atoms with E-state index in [1.807, 2.05) is 30.3 Å². The number of hydrogen-bond donors (Lipinski definition) is 2. The van der Waals surface area contributed by atoms with Gasteiger partial charge < -0.3 is 10.6 Å². The third-order valence-corrected chi connectivity index (χ3v) is 4.05. The Kier molecular flexibility index (Phi) is 5.82. The van der Waals surface area contributed by atoms with Crippen LogP contribution in [0.5, 0.6) is 0 Å². The molecule has 0 spiro atoms. The van der Waals surface area contributed by atoms with E-state index in [9.17, 15) is 4.79 Å². The zero-order valence-electron chi connectivity index (χ0n) is 11.7. The molecule has 0 radical (unpaired) electrons. The molecular weight excluding hydrogens is 330 g/mol. The fourth-order valence-electron chi connectivity index (χ4n) is 2.36. The van der Waals surface area contributed by atoms with E-state index >= 15 is 0 Å². The number of rotatable bonds is 5. The summed E-state index contributed by atoms with van der Waals surface area (Å²) in [7, 11) is 0. The van der Waals surface area contributed by atoms with Crippen molar-refractivity contribution in [2.24, 2.45) is 0 Å². The minimum atomic E-state index is -0.285. The zero-order valence-corrected chi connectivity index (χ0v) is 13.3. The highest BCUT2D eigenvalue weighted by molar-refractivity contribution is 9.10. The van der Waals surface area contributed by atoms with Crippen molar-refractivity contribution in [3.8, 4) is 6.07 Å². The van der Waals surface area contributed by atoms with Gasteiger partial charge in [-0.25, -0.2) is 0 Å². The monoisotopic (exact) mass is 347 g/mol. The van der Waals surface area contributed by atoms with Gasteiger partial charge in [-0.3, -0.25) is 4.79 Å². The van der Waals surface area contributed by atoms with Crippen LogP contribution in [0.4, 0.5) is 0 Å². The van der Waals surface area contributed by atoms with Crippen LogP contribution in [-0.4, -0.2) is 11.9 Å². The molecule has 4 nitrogen and oxygen atoms in total. The van der Waals surface area contributed by atoms with Gasteiger partial charge in [0.15, 0.2) is 0 Å². The summed E-state index contributed by atoms with van der Waals surface area (Å²) in [5, 5.41) is 15.0. The molecule has 0 heterocycles. The van der Waals surface area contributed by atoms with E-state index in [-0.39, 0.29) is 17.5 Å². The Balaban J connectivity index is 1.86. The lowest BCUT2D eigenvalue weighted by atomic mass is 10.2. The van der Waals surface area contributed by atoms with Crippen molar-refractivity contribution in [3.63, 3.8) is 0 Å². The maximum absolute atomic E-state index is 12.0. The average molecular weight is 348 g/mol. The molecule has 2 N–H and O–H groups in total. The first-order valence-electron chi connectivity index (χ1n) is 7.08. The van der Waals surface area contributed by atoms with Gasteiger partial charge in [-0.2, -0.15) is 5.26 Å². The van der Waals surface area contributed by atoms with E-state index in [2.05, 4.69) is 26.6 Å². The molecule has 1 aromatic rings. The molecule has 0 bridgehead atoms. The second kappa shape index (κ2) is 7.84. The summed E-state index contributed by atoms with van der Waals surface area (Å²) in [4.78, 5) is 12.0. The Morgan fingerprint density at radius 2 is 2.00 bits per heavy atom. The summed E-state index contributed by atoms with van der Waals surface area (Å²) in [6.07, 6.45) is 5.82. The molecular formula is C16H18BrN3O. The maximum atomic E-state index is 12.0. The fraction of sp³-hybridized carbons (Fsp3) is 0.375. The quantitative estimate of drug-likeness (QED) is 0.635. The second-order valence-corrected chi connectivity index (χ2v) is 6.05. The first kappa shape index (κ1) is 15.6. The predicted molar refractivity (Wildman–Crippen MR) is 85.1 cm³/mol. The van der Waals surface area contributed by atoms with Crippen molar-refractivity contribution in [2.45, 2.75) is 38.3 Å². The number of nitrogens with one attached hydrogen (secondary N) is 2. The first-order valence-corrected chi connectivity index (χ1v) is 7.87. The van der Waals surface area contributed by atoms with Crippen LogP contribution in [0.15, 0.2) is 40.5 Å². The van der Waals surface area contributed by atoms with E-state index in [0.29, 0.717) is 6.54 Å². The molecule has 1 fully saturated rings. The third-order valence-electron chi connectivity index (χ3n) is 3.52. The van der Waals surface area contributed by atoms with Crippen LogP contribution >= 0.6 is 15.9 Å². The van der Waals surface area contributed by atoms with Crippen molar-refractivity contribution in [3.05, 3.63) is 46.1 Å². The Morgan fingerprint density at radius 3 is 2.62 bits per heavy atom. The van der Waals surface area contributed by atoms with Crippen LogP contribution in [-0.2, 0) is 11.3 Å². The number of halogens is 1. The van der Waals surface area contributed by atoms with Gasteiger partial charge in [0.2, 0.25) is 0 Å². The molecule has 1 aromatic carbocycles. The Labute approximate surface area is 133 Å². The summed E-state index contributed by atoms with van der Waals surface area (Å²) in [5.74, 6) is -0.285. The molecule has 21 heavy (non-hydrogen) atoms. The summed E-state index contributed by atoms with van der Waals surface area (Å²) >= 11 is 3.38. The molecule has 2 rings (SSSR count). The normalized spacial score (nSPS) is 15.5. The lowest BCUT2D eigenvalue weighted by Crippen LogP contribution is -2.33. The van der Waals surface area contributed by atoms with Crippen molar-refractivity contribution >= 4 is 21.8 Å². The molecule has 1 aliphatic carbocycles. The smallest absolute Gasteiger partial charge is 0.263 e. The van der Waals surface area contributed by atoms with Crippen LogP contribution in [0.3, 0.4) is 0 Å². The van der Waals surface area contributed by atoms with Crippen molar-refractivity contribution in [2.75, 3.05) is 0 Å². The highest BCUT2D eigenvalue weighted by atomic mass is 79.9. The summed E-state index contributed by atoms with van der Waals surface area (Å²) in [6, 6.07) is 10.1. The summed E-state index contributed by atoms with van der Waals surface area (Å²) in [6.45, 7) is 0.579. The molecule has 0 unspecified atom stereocenters. The molecule has 1 aliphatic rings. The Bertz CT molecular complexity index is 554. The first-order chi connectivity index (χ1) is 10.2. The predicted octanol–water partition coefficient (Wildman–Crippen LogP) is 3.00. The Hall–Kier alpha value is -1.80. The number of carbonyl (C=O) groups is 1. The highest BCUT2D eigenvalue weighted by Gasteiger charge is 2.19. The Morgan fingerprint density at radius 1 is 1.33 bits per heavy atom. The molecule has 0 aliphatic heterocycles. The van der Waals surface area contributed by atoms with E-state index in [1.54, 1.807) is 0 Å². The van der Waals surface area contributed by atoms with Crippen molar-refractivity contribution in [1.82, 2.24) is 10.6 Å². The fourth-order valence-corrected chi connectivity index (χ4v) is 2.62. The van der Waals surface area contributed by atoms with E-state index in [4.69, 9.17) is 5.26 Å². The maximum Gasteiger partial charge on any atom is 0.263 e. The van der Waals surface area contributed by atoms with E-state index < -0.39 is 0 Å². The van der Waals surface area contributed by atoms with Gasteiger partial charge in [0, 0.05) is 23.3 Å². The van der Waals surface area contributed by atoms with E-state index in [1.165, 1.54) is 6.20 Å². The molecule has 0 atom stereocenters. The average Bonchev–Trinajstić information content (AvgIpc) is 2.98. The molecule has 0 saturated heterocycles. The van der Waals surface area contributed by atoms with Crippen LogP contribution in [0.1, 0.15) is 31.2 Å². The van der Waals surface area contributed by atoms with Gasteiger partial charge in [0.05, 0.1) is 0 Å². The largest absolute Gasteiger partial charge is 0.386 e. The van der Waals surface area contributed by atoms with Crippen LogP contribution in [0.25, 0.3) is 0 Å². The molecule has 1 saturated carbocycles. The van der Waals surface area contributed by atoms with Gasteiger partial charge >= 0.3 is 0 Å². The molecule has 110 valence electrons. The number of carbonyl (C=O) groups excluding carboxylic acids is 1. The number of nitrogens with zero attached hydrogens (tertiary/aromatic N) is 1. The van der Waals surface area contributed by atoms with Crippen LogP contribution < -0.4 is 10.6 Å². The summed E-state index contributed by atoms with van der Waals surface area (Å²) < 4.78 is 1.02. The van der Waals surface area contributed by atoms with Crippen LogP contribution in [0, 0.1) is 11.3 Å². The minimum Gasteiger partial charge on any atom is -0.386 e. The topological polar surface area (TPSA) is 64.9 Å². The number of benzene rings is 1. The van der Waals surface area contributed by atoms with Gasteiger partial charge in [-0.15, -0.1) is 0 Å². The second-order valence-electron chi connectivity index (χ2n) is 5.13. The highest BCUT2D eigenvalue weighted by Crippen LogP contribution is 2.17. The molecule has 5 heteroatoms. The van der Waals surface area contributed by atoms with E-state index in [0.717, 1.165) is 35.7 Å². The van der Waals surface area contributed by atoms with Gasteiger partial charge in [0.1, 0.15) is 11.6 Å². The zero-order chi connectivity index (χ0) is 15.1. The van der Waals surface area contributed by atoms with Gasteiger partial charge in [-0.1, -0.05) is 40.9 Å². The van der Waals surface area contributed by atoms with Gasteiger partial charge in [-0.05, 0) is 30.5 Å². The van der Waals surface area contributed by atoms with Crippen LogP contribution in [0.2, 0.25) is 0 Å². The van der Waals surface area contributed by atoms with Gasteiger partial charge in [0.25, 0.3) is 5.91 Å².